The first-order valence-electron chi connectivity index (χ1n) is 5.65. The summed E-state index contributed by atoms with van der Waals surface area (Å²) in [7, 11) is 0. The fourth-order valence-electron chi connectivity index (χ4n) is 1.20. The number of benzene rings is 1. The Morgan fingerprint density at radius 1 is 1.35 bits per heavy atom. The summed E-state index contributed by atoms with van der Waals surface area (Å²) in [6.07, 6.45) is 0. The lowest BCUT2D eigenvalue weighted by Crippen LogP contribution is -2.29. The second kappa shape index (κ2) is 5.80. The van der Waals surface area contributed by atoms with E-state index in [1.807, 2.05) is 45.0 Å². The lowest BCUT2D eigenvalue weighted by Gasteiger charge is -2.16. The van der Waals surface area contributed by atoms with E-state index in [1.54, 1.807) is 0 Å². The van der Waals surface area contributed by atoms with Gasteiger partial charge in [0.25, 0.3) is 0 Å². The van der Waals surface area contributed by atoms with E-state index in [4.69, 9.17) is 10.6 Å². The quantitative estimate of drug-likeness (QED) is 0.782. The van der Waals surface area contributed by atoms with Crippen LogP contribution in [-0.4, -0.2) is 5.97 Å². The van der Waals surface area contributed by atoms with Gasteiger partial charge >= 0.3 is 5.97 Å². The zero-order valence-corrected chi connectivity index (χ0v) is 10.6. The van der Waals surface area contributed by atoms with Crippen molar-refractivity contribution in [2.75, 3.05) is 0 Å². The zero-order valence-electron chi connectivity index (χ0n) is 10.6. The van der Waals surface area contributed by atoms with Gasteiger partial charge in [0.05, 0.1) is 12.0 Å². The van der Waals surface area contributed by atoms with Crippen LogP contribution in [0.15, 0.2) is 24.3 Å². The second-order valence-electron chi connectivity index (χ2n) is 4.98. The van der Waals surface area contributed by atoms with E-state index in [-0.39, 0.29) is 5.97 Å². The fraction of sp³-hybridized carbons (Fsp3) is 0.462. The number of carbonyl (C=O) groups excluding carboxylic acids is 1. The SMILES string of the molecule is CC(C)(C)C(=O)ONCc1cccc(CN)c1. The number of hydrogen-bond donors (Lipinski definition) is 2. The van der Waals surface area contributed by atoms with Crippen molar-refractivity contribution >= 4 is 5.97 Å². The van der Waals surface area contributed by atoms with Gasteiger partial charge < -0.3 is 10.6 Å². The molecule has 0 spiro atoms. The van der Waals surface area contributed by atoms with Gasteiger partial charge in [-0.2, -0.15) is 0 Å². The zero-order chi connectivity index (χ0) is 12.9. The van der Waals surface area contributed by atoms with Gasteiger partial charge in [-0.25, -0.2) is 4.79 Å². The molecule has 1 aromatic carbocycles. The van der Waals surface area contributed by atoms with Crippen molar-refractivity contribution in [1.29, 1.82) is 0 Å². The topological polar surface area (TPSA) is 64.3 Å². The predicted octanol–water partition coefficient (Wildman–Crippen LogP) is 1.74. The van der Waals surface area contributed by atoms with Crippen LogP contribution in [0.4, 0.5) is 0 Å². The molecule has 3 N–H and O–H groups in total. The maximum Gasteiger partial charge on any atom is 0.329 e. The number of hydroxylamine groups is 1. The van der Waals surface area contributed by atoms with Crippen LogP contribution in [-0.2, 0) is 22.7 Å². The van der Waals surface area contributed by atoms with E-state index in [9.17, 15) is 4.79 Å². The Morgan fingerprint density at radius 2 is 2.00 bits per heavy atom. The lowest BCUT2D eigenvalue weighted by atomic mass is 9.98. The van der Waals surface area contributed by atoms with E-state index in [1.165, 1.54) is 0 Å². The average Bonchev–Trinajstić information content (AvgIpc) is 2.28. The average molecular weight is 236 g/mol. The first kappa shape index (κ1) is 13.7. The van der Waals surface area contributed by atoms with Crippen LogP contribution in [0, 0.1) is 5.41 Å². The molecule has 0 bridgehead atoms. The van der Waals surface area contributed by atoms with Crippen LogP contribution >= 0.6 is 0 Å². The molecule has 0 atom stereocenters. The summed E-state index contributed by atoms with van der Waals surface area (Å²) in [6.45, 7) is 6.43. The second-order valence-corrected chi connectivity index (χ2v) is 4.98. The highest BCUT2D eigenvalue weighted by molar-refractivity contribution is 5.75. The Morgan fingerprint density at radius 3 is 2.59 bits per heavy atom. The first-order valence-corrected chi connectivity index (χ1v) is 5.65. The van der Waals surface area contributed by atoms with Crippen molar-refractivity contribution in [1.82, 2.24) is 5.48 Å². The lowest BCUT2D eigenvalue weighted by molar-refractivity contribution is -0.161. The van der Waals surface area contributed by atoms with Gasteiger partial charge in [0.2, 0.25) is 0 Å². The molecule has 4 nitrogen and oxygen atoms in total. The fourth-order valence-corrected chi connectivity index (χ4v) is 1.20. The summed E-state index contributed by atoms with van der Waals surface area (Å²) in [6, 6.07) is 7.84. The van der Waals surface area contributed by atoms with Crippen molar-refractivity contribution in [2.24, 2.45) is 11.1 Å². The Bertz CT molecular complexity index is 383. The van der Waals surface area contributed by atoms with Gasteiger partial charge in [-0.3, -0.25) is 0 Å². The predicted molar refractivity (Wildman–Crippen MR) is 66.7 cm³/mol. The van der Waals surface area contributed by atoms with Crippen molar-refractivity contribution in [3.05, 3.63) is 35.4 Å². The smallest absolute Gasteiger partial charge is 0.329 e. The Labute approximate surface area is 102 Å². The Balaban J connectivity index is 2.43. The molecule has 0 aliphatic carbocycles. The maximum atomic E-state index is 11.5. The highest BCUT2D eigenvalue weighted by atomic mass is 16.7. The van der Waals surface area contributed by atoms with Crippen LogP contribution in [0.25, 0.3) is 0 Å². The van der Waals surface area contributed by atoms with Crippen LogP contribution in [0.1, 0.15) is 31.9 Å². The number of carbonyl (C=O) groups is 1. The molecule has 0 heterocycles. The van der Waals surface area contributed by atoms with E-state index in [0.717, 1.165) is 11.1 Å². The third kappa shape index (κ3) is 4.54. The summed E-state index contributed by atoms with van der Waals surface area (Å²) in [4.78, 5) is 16.4. The van der Waals surface area contributed by atoms with E-state index in [0.29, 0.717) is 13.1 Å². The highest BCUT2D eigenvalue weighted by Gasteiger charge is 2.23. The summed E-state index contributed by atoms with van der Waals surface area (Å²) in [5, 5.41) is 0. The van der Waals surface area contributed by atoms with Crippen molar-refractivity contribution in [3.63, 3.8) is 0 Å². The molecule has 0 radical (unpaired) electrons. The van der Waals surface area contributed by atoms with Gasteiger partial charge in [-0.15, -0.1) is 5.48 Å². The standard InChI is InChI=1S/C13H20N2O2/c1-13(2,3)12(16)17-15-9-11-6-4-5-10(7-11)8-14/h4-7,15H,8-9,14H2,1-3H3. The minimum atomic E-state index is -0.494. The minimum absolute atomic E-state index is 0.271. The first-order chi connectivity index (χ1) is 7.93. The number of rotatable bonds is 4. The van der Waals surface area contributed by atoms with Crippen molar-refractivity contribution in [3.8, 4) is 0 Å². The molecule has 1 aromatic rings. The summed E-state index contributed by atoms with van der Waals surface area (Å²) in [5.74, 6) is -0.271. The number of nitrogens with one attached hydrogen (secondary N) is 1. The van der Waals surface area contributed by atoms with Gasteiger partial charge in [0, 0.05) is 6.54 Å². The molecule has 1 rings (SSSR count). The summed E-state index contributed by atoms with van der Waals surface area (Å²) >= 11 is 0. The molecule has 0 amide bonds. The Hall–Kier alpha value is -1.39. The van der Waals surface area contributed by atoms with Crippen LogP contribution in [0.3, 0.4) is 0 Å². The molecule has 0 saturated carbocycles. The molecule has 0 aromatic heterocycles. The van der Waals surface area contributed by atoms with Gasteiger partial charge in [0.15, 0.2) is 0 Å². The third-order valence-electron chi connectivity index (χ3n) is 2.28. The van der Waals surface area contributed by atoms with Gasteiger partial charge in [0.1, 0.15) is 0 Å². The van der Waals surface area contributed by atoms with Gasteiger partial charge in [-0.1, -0.05) is 24.3 Å². The van der Waals surface area contributed by atoms with Crippen LogP contribution in [0.5, 0.6) is 0 Å². The van der Waals surface area contributed by atoms with E-state index >= 15 is 0 Å². The number of hydrogen-bond acceptors (Lipinski definition) is 4. The number of nitrogens with two attached hydrogens (primary N) is 1. The molecule has 0 fully saturated rings. The molecule has 0 aliphatic heterocycles. The molecule has 94 valence electrons. The van der Waals surface area contributed by atoms with Crippen molar-refractivity contribution in [2.45, 2.75) is 33.9 Å². The van der Waals surface area contributed by atoms with E-state index < -0.39 is 5.41 Å². The molecule has 0 aliphatic rings. The molecular formula is C13H20N2O2. The molecule has 0 unspecified atom stereocenters. The van der Waals surface area contributed by atoms with Crippen LogP contribution < -0.4 is 11.2 Å². The normalized spacial score (nSPS) is 11.3. The monoisotopic (exact) mass is 236 g/mol. The third-order valence-corrected chi connectivity index (χ3v) is 2.28. The Kier molecular flexibility index (Phi) is 4.66. The summed E-state index contributed by atoms with van der Waals surface area (Å²) in [5.41, 5.74) is 9.82. The summed E-state index contributed by atoms with van der Waals surface area (Å²) < 4.78 is 0. The highest BCUT2D eigenvalue weighted by Crippen LogP contribution is 2.14. The minimum Gasteiger partial charge on any atom is -0.370 e. The molecular weight excluding hydrogens is 216 g/mol. The molecule has 17 heavy (non-hydrogen) atoms. The molecule has 0 saturated heterocycles. The largest absolute Gasteiger partial charge is 0.370 e. The van der Waals surface area contributed by atoms with E-state index in [2.05, 4.69) is 5.48 Å². The van der Waals surface area contributed by atoms with Crippen LogP contribution in [0.2, 0.25) is 0 Å². The maximum absolute atomic E-state index is 11.5. The van der Waals surface area contributed by atoms with Gasteiger partial charge in [-0.05, 0) is 31.9 Å². The van der Waals surface area contributed by atoms with Crippen molar-refractivity contribution < 1.29 is 9.63 Å². The molecule has 4 heteroatoms.